The molecule has 1 fully saturated rings. The Kier molecular flexibility index (Phi) is 5.81. The van der Waals surface area contributed by atoms with E-state index < -0.39 is 10.0 Å². The number of benzene rings is 1. The van der Waals surface area contributed by atoms with Crippen LogP contribution in [0, 0.1) is 0 Å². The Hall–Kier alpha value is -3.14. The lowest BCUT2D eigenvalue weighted by atomic mass is 10.2. The number of nitrogens with zero attached hydrogens (tertiary/aromatic N) is 6. The van der Waals surface area contributed by atoms with E-state index in [0.717, 1.165) is 26.2 Å². The summed E-state index contributed by atoms with van der Waals surface area (Å²) in [6, 6.07) is 10.3. The van der Waals surface area contributed by atoms with Gasteiger partial charge >= 0.3 is 0 Å². The van der Waals surface area contributed by atoms with Gasteiger partial charge in [-0.3, -0.25) is 4.72 Å². The second-order valence-electron chi connectivity index (χ2n) is 7.89. The number of hydrogen-bond acceptors (Lipinski definition) is 7. The average molecular weight is 442 g/mol. The monoisotopic (exact) mass is 441 g/mol. The van der Waals surface area contributed by atoms with Crippen molar-refractivity contribution < 1.29 is 8.42 Å². The normalized spacial score (nSPS) is 14.8. The summed E-state index contributed by atoms with van der Waals surface area (Å²) < 4.78 is 29.6. The van der Waals surface area contributed by atoms with Crippen LogP contribution >= 0.6 is 0 Å². The van der Waals surface area contributed by atoms with Crippen LogP contribution in [0.25, 0.3) is 0 Å². The largest absolute Gasteiger partial charge is 0.368 e. The topological polar surface area (TPSA) is 96.2 Å². The number of para-hydroxylation sites is 1. The highest BCUT2D eigenvalue weighted by molar-refractivity contribution is 7.92. The number of anilines is 3. The Balaban J connectivity index is 1.40. The first-order valence-corrected chi connectivity index (χ1v) is 11.7. The van der Waals surface area contributed by atoms with Crippen molar-refractivity contribution in [2.45, 2.75) is 24.8 Å². The summed E-state index contributed by atoms with van der Waals surface area (Å²) in [5, 5.41) is -0.0141. The second-order valence-corrected chi connectivity index (χ2v) is 9.52. The third kappa shape index (κ3) is 4.63. The summed E-state index contributed by atoms with van der Waals surface area (Å²) in [5.74, 6) is 1.43. The van der Waals surface area contributed by atoms with Crippen LogP contribution in [0.4, 0.5) is 17.3 Å². The van der Waals surface area contributed by atoms with E-state index in [1.165, 1.54) is 24.3 Å². The zero-order valence-electron chi connectivity index (χ0n) is 17.9. The van der Waals surface area contributed by atoms with Crippen LogP contribution in [0.5, 0.6) is 0 Å². The summed E-state index contributed by atoms with van der Waals surface area (Å²) >= 11 is 0. The van der Waals surface area contributed by atoms with Crippen molar-refractivity contribution >= 4 is 27.3 Å². The van der Waals surface area contributed by atoms with Crippen LogP contribution < -0.4 is 14.5 Å². The molecule has 1 saturated heterocycles. The van der Waals surface area contributed by atoms with Gasteiger partial charge in [-0.15, -0.1) is 0 Å². The smallest absolute Gasteiger partial charge is 0.281 e. The van der Waals surface area contributed by atoms with Gasteiger partial charge in [0.05, 0.1) is 18.1 Å². The fourth-order valence-corrected chi connectivity index (χ4v) is 4.70. The summed E-state index contributed by atoms with van der Waals surface area (Å²) in [4.78, 5) is 17.4. The van der Waals surface area contributed by atoms with Crippen molar-refractivity contribution in [2.24, 2.45) is 7.05 Å². The SMILES string of the molecule is CC(C)c1nc(S(=O)(=O)Nc2cnc(N3CCN(c4ccccc4)CC3)nc2)cn1C. The summed E-state index contributed by atoms with van der Waals surface area (Å²) in [6.07, 6.45) is 4.50. The minimum absolute atomic E-state index is 0.0141. The molecule has 0 bridgehead atoms. The van der Waals surface area contributed by atoms with Gasteiger partial charge in [0.25, 0.3) is 10.0 Å². The van der Waals surface area contributed by atoms with Crippen molar-refractivity contribution in [3.05, 3.63) is 54.7 Å². The van der Waals surface area contributed by atoms with E-state index in [-0.39, 0.29) is 10.9 Å². The maximum absolute atomic E-state index is 12.7. The van der Waals surface area contributed by atoms with Crippen LogP contribution in [-0.2, 0) is 17.1 Å². The van der Waals surface area contributed by atoms with Gasteiger partial charge in [0.1, 0.15) is 5.82 Å². The lowest BCUT2D eigenvalue weighted by Crippen LogP contribution is -2.47. The average Bonchev–Trinajstić information content (AvgIpc) is 3.18. The van der Waals surface area contributed by atoms with E-state index in [2.05, 4.69) is 41.6 Å². The molecule has 0 unspecified atom stereocenters. The molecule has 0 atom stereocenters. The number of nitrogens with one attached hydrogen (secondary N) is 1. The van der Waals surface area contributed by atoms with Gasteiger partial charge in [-0.05, 0) is 12.1 Å². The third-order valence-electron chi connectivity index (χ3n) is 5.26. The number of piperazine rings is 1. The Bertz CT molecular complexity index is 1120. The number of rotatable bonds is 6. The van der Waals surface area contributed by atoms with Gasteiger partial charge in [0.15, 0.2) is 5.03 Å². The minimum atomic E-state index is -3.81. The first kappa shape index (κ1) is 21.1. The Morgan fingerprint density at radius 1 is 0.968 bits per heavy atom. The van der Waals surface area contributed by atoms with Gasteiger partial charge < -0.3 is 14.4 Å². The standard InChI is InChI=1S/C21H27N7O2S/c1-16(2)20-24-19(15-26(20)3)31(29,30)25-17-13-22-21(23-14-17)28-11-9-27(10-12-28)18-7-5-4-6-8-18/h4-8,13-16,25H,9-12H2,1-3H3. The van der Waals surface area contributed by atoms with E-state index >= 15 is 0 Å². The first-order valence-electron chi connectivity index (χ1n) is 10.3. The molecule has 10 heteroatoms. The molecule has 1 N–H and O–H groups in total. The van der Waals surface area contributed by atoms with Crippen molar-refractivity contribution in [1.82, 2.24) is 19.5 Å². The number of sulfonamides is 1. The number of aryl methyl sites for hydroxylation is 1. The van der Waals surface area contributed by atoms with Gasteiger partial charge in [-0.25, -0.2) is 15.0 Å². The van der Waals surface area contributed by atoms with E-state index in [9.17, 15) is 8.42 Å². The Labute approximate surface area is 182 Å². The summed E-state index contributed by atoms with van der Waals surface area (Å²) in [7, 11) is -2.02. The summed E-state index contributed by atoms with van der Waals surface area (Å²) in [6.45, 7) is 7.29. The molecule has 9 nitrogen and oxygen atoms in total. The summed E-state index contributed by atoms with van der Waals surface area (Å²) in [5.41, 5.74) is 1.52. The highest BCUT2D eigenvalue weighted by atomic mass is 32.2. The van der Waals surface area contributed by atoms with Crippen molar-refractivity contribution in [3.8, 4) is 0 Å². The van der Waals surface area contributed by atoms with Crippen LogP contribution in [-0.4, -0.2) is 54.1 Å². The second kappa shape index (κ2) is 8.54. The molecule has 3 heterocycles. The highest BCUT2D eigenvalue weighted by Gasteiger charge is 2.22. The van der Waals surface area contributed by atoms with Gasteiger partial charge in [0.2, 0.25) is 5.95 Å². The van der Waals surface area contributed by atoms with E-state index in [1.54, 1.807) is 11.6 Å². The zero-order chi connectivity index (χ0) is 22.0. The molecule has 31 heavy (non-hydrogen) atoms. The van der Waals surface area contributed by atoms with Crippen molar-refractivity contribution in [2.75, 3.05) is 40.7 Å². The van der Waals surface area contributed by atoms with Gasteiger partial charge in [-0.2, -0.15) is 8.42 Å². The molecule has 1 aromatic carbocycles. The third-order valence-corrected chi connectivity index (χ3v) is 6.51. The lowest BCUT2D eigenvalue weighted by Gasteiger charge is -2.36. The highest BCUT2D eigenvalue weighted by Crippen LogP contribution is 2.21. The Morgan fingerprint density at radius 2 is 1.58 bits per heavy atom. The molecule has 164 valence electrons. The molecule has 1 aliphatic rings. The molecular formula is C21H27N7O2S. The molecule has 0 saturated carbocycles. The minimum Gasteiger partial charge on any atom is -0.368 e. The molecule has 0 amide bonds. The molecule has 1 aliphatic heterocycles. The predicted octanol–water partition coefficient (Wildman–Crippen LogP) is 2.46. The van der Waals surface area contributed by atoms with Gasteiger partial charge in [0, 0.05) is 51.0 Å². The molecule has 4 rings (SSSR count). The maximum Gasteiger partial charge on any atom is 0.281 e. The molecule has 2 aromatic heterocycles. The molecule has 0 radical (unpaired) electrons. The molecule has 3 aromatic rings. The van der Waals surface area contributed by atoms with Crippen LogP contribution in [0.2, 0.25) is 0 Å². The maximum atomic E-state index is 12.7. The first-order chi connectivity index (χ1) is 14.8. The predicted molar refractivity (Wildman–Crippen MR) is 121 cm³/mol. The van der Waals surface area contributed by atoms with Crippen LogP contribution in [0.3, 0.4) is 0 Å². The quantitative estimate of drug-likeness (QED) is 0.628. The molecule has 0 spiro atoms. The van der Waals surface area contributed by atoms with Gasteiger partial charge in [-0.1, -0.05) is 32.0 Å². The fraction of sp³-hybridized carbons (Fsp3) is 0.381. The van der Waals surface area contributed by atoms with Crippen molar-refractivity contribution in [1.29, 1.82) is 0 Å². The van der Waals surface area contributed by atoms with E-state index in [4.69, 9.17) is 0 Å². The Morgan fingerprint density at radius 3 is 2.16 bits per heavy atom. The molecule has 0 aliphatic carbocycles. The molecular weight excluding hydrogens is 414 g/mol. The van der Waals surface area contributed by atoms with E-state index in [0.29, 0.717) is 17.5 Å². The lowest BCUT2D eigenvalue weighted by molar-refractivity contribution is 0.597. The number of imidazole rings is 1. The van der Waals surface area contributed by atoms with Crippen LogP contribution in [0.15, 0.2) is 53.9 Å². The van der Waals surface area contributed by atoms with Crippen molar-refractivity contribution in [3.63, 3.8) is 0 Å². The van der Waals surface area contributed by atoms with E-state index in [1.807, 2.05) is 32.0 Å². The number of hydrogen-bond donors (Lipinski definition) is 1. The fourth-order valence-electron chi connectivity index (χ4n) is 3.67. The van der Waals surface area contributed by atoms with Crippen LogP contribution in [0.1, 0.15) is 25.6 Å². The zero-order valence-corrected chi connectivity index (χ0v) is 18.7. The number of aromatic nitrogens is 4.